The molecule has 6 heavy (non-hydrogen) atoms. The zero-order valence-electron chi connectivity index (χ0n) is 3.37. The van der Waals surface area contributed by atoms with E-state index >= 15 is 0 Å². The summed E-state index contributed by atoms with van der Waals surface area (Å²) in [4.78, 5) is 1.79. The lowest BCUT2D eigenvalue weighted by molar-refractivity contribution is 1.50. The summed E-state index contributed by atoms with van der Waals surface area (Å²) in [6.45, 7) is 0. The average Bonchev–Trinajstić information content (AvgIpc) is 2.21. The molecular weight excluding hydrogens is 140 g/mol. The Morgan fingerprint density at radius 2 is 2.33 bits per heavy atom. The fraction of sp³-hybridized carbons (Fsp3) is 0.400. The van der Waals surface area contributed by atoms with Crippen LogP contribution in [-0.2, 0) is 0 Å². The van der Waals surface area contributed by atoms with Gasteiger partial charge in [0.05, 0.1) is 0 Å². The highest BCUT2D eigenvalue weighted by Crippen LogP contribution is 2.25. The summed E-state index contributed by atoms with van der Waals surface area (Å²) >= 11 is 3.13. The molecule has 0 spiro atoms. The van der Waals surface area contributed by atoms with E-state index < -0.39 is 0 Å². The Kier molecular flexibility index (Phi) is 1.13. The van der Waals surface area contributed by atoms with Crippen LogP contribution in [0.3, 0.4) is 0 Å². The van der Waals surface area contributed by atoms with Crippen molar-refractivity contribution in [2.45, 2.75) is 12.8 Å². The van der Waals surface area contributed by atoms with Gasteiger partial charge < -0.3 is 0 Å². The lowest BCUT2D eigenvalue weighted by Crippen LogP contribution is -1.25. The van der Waals surface area contributed by atoms with E-state index in [1.165, 1.54) is 18.4 Å². The molecule has 0 heterocycles. The van der Waals surface area contributed by atoms with Crippen molar-refractivity contribution in [3.05, 3.63) is 16.3 Å². The van der Waals surface area contributed by atoms with Crippen LogP contribution >= 0.6 is 15.9 Å². The summed E-state index contributed by atoms with van der Waals surface area (Å²) in [5.41, 5.74) is 4.46. The van der Waals surface area contributed by atoms with Gasteiger partial charge in [-0.1, -0.05) is 15.9 Å². The predicted octanol–water partition coefficient (Wildman–Crippen LogP) is 2.21. The molecule has 0 radical (unpaired) electrons. The van der Waals surface area contributed by atoms with Gasteiger partial charge in [0.2, 0.25) is 0 Å². The quantitative estimate of drug-likeness (QED) is 0.458. The van der Waals surface area contributed by atoms with Crippen LogP contribution in [0.1, 0.15) is 12.8 Å². The van der Waals surface area contributed by atoms with Crippen molar-refractivity contribution < 1.29 is 0 Å². The fourth-order valence-corrected chi connectivity index (χ4v) is 0.608. The second kappa shape index (κ2) is 1.63. The van der Waals surface area contributed by atoms with Gasteiger partial charge in [0, 0.05) is 4.99 Å². The van der Waals surface area contributed by atoms with E-state index in [2.05, 4.69) is 21.7 Å². The molecule has 0 atom stereocenters. The minimum atomic E-state index is 1.27. The Bertz CT molecular complexity index is 101. The molecule has 1 fully saturated rings. The first-order valence-electron chi connectivity index (χ1n) is 1.96. The van der Waals surface area contributed by atoms with Gasteiger partial charge in [0.25, 0.3) is 0 Å². The third kappa shape index (κ3) is 1.00. The van der Waals surface area contributed by atoms with Gasteiger partial charge in [-0.3, -0.25) is 0 Å². The molecule has 0 amide bonds. The number of hydrogen-bond donors (Lipinski definition) is 0. The zero-order valence-corrected chi connectivity index (χ0v) is 4.96. The average molecular weight is 145 g/mol. The Morgan fingerprint density at radius 3 is 2.50 bits per heavy atom. The molecule has 1 aliphatic rings. The molecule has 0 bridgehead atoms. The lowest BCUT2D eigenvalue weighted by atomic mass is 10.7. The zero-order chi connectivity index (χ0) is 4.41. The normalized spacial score (nSPS) is 16.5. The van der Waals surface area contributed by atoms with Gasteiger partial charge in [-0.15, -0.1) is 5.73 Å². The summed E-state index contributed by atoms with van der Waals surface area (Å²) in [5, 5.41) is 0. The minimum Gasteiger partial charge on any atom is -0.114 e. The number of halogens is 1. The van der Waals surface area contributed by atoms with Crippen LogP contribution in [0.4, 0.5) is 0 Å². The topological polar surface area (TPSA) is 0 Å². The SMILES string of the molecule is BrC=C=C1CC1. The summed E-state index contributed by atoms with van der Waals surface area (Å²) in [7, 11) is 0. The molecule has 0 unspecified atom stereocenters. The van der Waals surface area contributed by atoms with Gasteiger partial charge in [-0.2, -0.15) is 0 Å². The summed E-state index contributed by atoms with van der Waals surface area (Å²) in [6.07, 6.45) is 2.53. The van der Waals surface area contributed by atoms with Crippen molar-refractivity contribution in [1.82, 2.24) is 0 Å². The summed E-state index contributed by atoms with van der Waals surface area (Å²) in [5.74, 6) is 0. The van der Waals surface area contributed by atoms with Crippen molar-refractivity contribution in [2.75, 3.05) is 0 Å². The molecule has 1 heteroatoms. The molecular formula is C5H5Br. The number of hydrogen-bond acceptors (Lipinski definition) is 0. The first-order chi connectivity index (χ1) is 2.93. The number of allylic oxidation sites excluding steroid dienone is 1. The van der Waals surface area contributed by atoms with Gasteiger partial charge >= 0.3 is 0 Å². The number of rotatable bonds is 0. The Balaban J connectivity index is 2.64. The van der Waals surface area contributed by atoms with E-state index in [9.17, 15) is 0 Å². The molecule has 0 aromatic heterocycles. The van der Waals surface area contributed by atoms with Crippen molar-refractivity contribution in [2.24, 2.45) is 0 Å². The van der Waals surface area contributed by atoms with Crippen LogP contribution in [0.5, 0.6) is 0 Å². The minimum absolute atomic E-state index is 1.27. The third-order valence-corrected chi connectivity index (χ3v) is 0.988. The van der Waals surface area contributed by atoms with Crippen LogP contribution in [0.15, 0.2) is 16.3 Å². The highest BCUT2D eigenvalue weighted by molar-refractivity contribution is 9.11. The van der Waals surface area contributed by atoms with Gasteiger partial charge in [0.15, 0.2) is 0 Å². The maximum absolute atomic E-state index is 3.13. The van der Waals surface area contributed by atoms with E-state index in [0.29, 0.717) is 0 Å². The molecule has 32 valence electrons. The van der Waals surface area contributed by atoms with Crippen molar-refractivity contribution in [3.8, 4) is 0 Å². The lowest BCUT2D eigenvalue weighted by Gasteiger charge is -1.49. The molecule has 0 N–H and O–H groups in total. The van der Waals surface area contributed by atoms with Crippen LogP contribution in [0.2, 0.25) is 0 Å². The highest BCUT2D eigenvalue weighted by atomic mass is 79.9. The molecule has 0 nitrogen and oxygen atoms in total. The van der Waals surface area contributed by atoms with E-state index in [1.807, 2.05) is 0 Å². The largest absolute Gasteiger partial charge is 0.114 e. The first-order valence-corrected chi connectivity index (χ1v) is 2.88. The van der Waals surface area contributed by atoms with Crippen LogP contribution < -0.4 is 0 Å². The maximum atomic E-state index is 3.13. The Labute approximate surface area is 45.7 Å². The second-order valence-electron chi connectivity index (χ2n) is 1.36. The fourth-order valence-electron chi connectivity index (χ4n) is 0.284. The van der Waals surface area contributed by atoms with Crippen LogP contribution in [0.25, 0.3) is 0 Å². The molecule has 0 aromatic rings. The molecule has 0 saturated heterocycles. The third-order valence-electron chi connectivity index (χ3n) is 0.759. The van der Waals surface area contributed by atoms with Crippen molar-refractivity contribution in [1.29, 1.82) is 0 Å². The standard InChI is InChI=1S/C5H5Br/c6-4-3-5-1-2-5/h4H,1-2H2. The maximum Gasteiger partial charge on any atom is 0.0231 e. The van der Waals surface area contributed by atoms with E-state index in [0.717, 1.165) is 0 Å². The van der Waals surface area contributed by atoms with E-state index in [4.69, 9.17) is 0 Å². The molecule has 1 rings (SSSR count). The van der Waals surface area contributed by atoms with Crippen LogP contribution in [-0.4, -0.2) is 0 Å². The van der Waals surface area contributed by atoms with Crippen LogP contribution in [0, 0.1) is 0 Å². The highest BCUT2D eigenvalue weighted by Gasteiger charge is 2.07. The molecule has 1 saturated carbocycles. The van der Waals surface area contributed by atoms with E-state index in [1.54, 1.807) is 4.99 Å². The summed E-state index contributed by atoms with van der Waals surface area (Å²) < 4.78 is 0. The second-order valence-corrected chi connectivity index (χ2v) is 1.81. The van der Waals surface area contributed by atoms with Gasteiger partial charge in [0.1, 0.15) is 0 Å². The van der Waals surface area contributed by atoms with Crippen molar-refractivity contribution >= 4 is 15.9 Å². The molecule has 0 aromatic carbocycles. The summed E-state index contributed by atoms with van der Waals surface area (Å²) in [6, 6.07) is 0. The molecule has 1 aliphatic carbocycles. The monoisotopic (exact) mass is 144 g/mol. The van der Waals surface area contributed by atoms with Gasteiger partial charge in [-0.25, -0.2) is 0 Å². The Hall–Kier alpha value is -0.0000000000000000278. The van der Waals surface area contributed by atoms with Gasteiger partial charge in [-0.05, 0) is 18.4 Å². The predicted molar refractivity (Wildman–Crippen MR) is 29.8 cm³/mol. The molecule has 0 aliphatic heterocycles. The van der Waals surface area contributed by atoms with Crippen molar-refractivity contribution in [3.63, 3.8) is 0 Å². The smallest absolute Gasteiger partial charge is 0.0231 e. The van der Waals surface area contributed by atoms with E-state index in [-0.39, 0.29) is 0 Å². The first kappa shape index (κ1) is 4.17. The Morgan fingerprint density at radius 1 is 1.67 bits per heavy atom.